The van der Waals surface area contributed by atoms with Crippen LogP contribution in [0.5, 0.6) is 0 Å². The van der Waals surface area contributed by atoms with Crippen LogP contribution in [0.15, 0.2) is 28.3 Å². The van der Waals surface area contributed by atoms with E-state index in [1.165, 1.54) is 4.68 Å². The van der Waals surface area contributed by atoms with Gasteiger partial charge >= 0.3 is 5.84 Å². The Morgan fingerprint density at radius 2 is 1.94 bits per heavy atom. The van der Waals surface area contributed by atoms with E-state index < -0.39 is 0 Å². The molecule has 0 saturated heterocycles. The Labute approximate surface area is 108 Å². The van der Waals surface area contributed by atoms with Gasteiger partial charge < -0.3 is 11.5 Å². The number of hydrogen-bond acceptors (Lipinski definition) is 2. The van der Waals surface area contributed by atoms with E-state index >= 15 is 0 Å². The van der Waals surface area contributed by atoms with Gasteiger partial charge in [-0.05, 0) is 17.2 Å². The lowest BCUT2D eigenvalue weighted by molar-refractivity contribution is -0.403. The molecule has 1 aliphatic heterocycles. The van der Waals surface area contributed by atoms with Crippen LogP contribution in [0.4, 0.5) is 0 Å². The first kappa shape index (κ1) is 11.9. The van der Waals surface area contributed by atoms with Crippen molar-refractivity contribution in [2.75, 3.05) is 6.54 Å². The molecular formula is C10H10Cl2N5+. The second-order valence-electron chi connectivity index (χ2n) is 3.31. The number of rotatable bonds is 2. The van der Waals surface area contributed by atoms with Gasteiger partial charge in [0.25, 0.3) is 0 Å². The van der Waals surface area contributed by atoms with E-state index in [1.807, 2.05) is 0 Å². The van der Waals surface area contributed by atoms with Crippen LogP contribution in [0.2, 0.25) is 10.0 Å². The van der Waals surface area contributed by atoms with Crippen LogP contribution in [0.1, 0.15) is 5.56 Å². The van der Waals surface area contributed by atoms with Crippen molar-refractivity contribution >= 4 is 41.2 Å². The van der Waals surface area contributed by atoms with Crippen LogP contribution in [0, 0.1) is 0 Å². The van der Waals surface area contributed by atoms with Gasteiger partial charge in [-0.2, -0.15) is 0 Å². The first-order chi connectivity index (χ1) is 8.09. The van der Waals surface area contributed by atoms with Crippen LogP contribution in [-0.4, -0.2) is 29.2 Å². The summed E-state index contributed by atoms with van der Waals surface area (Å²) in [5.41, 5.74) is 11.3. The zero-order valence-corrected chi connectivity index (χ0v) is 10.3. The molecule has 4 N–H and O–H groups in total. The van der Waals surface area contributed by atoms with Crippen molar-refractivity contribution in [2.24, 2.45) is 21.6 Å². The predicted molar refractivity (Wildman–Crippen MR) is 70.0 cm³/mol. The molecule has 88 valence electrons. The average Bonchev–Trinajstić information content (AvgIpc) is 2.65. The largest absolute Gasteiger partial charge is 0.367 e. The minimum atomic E-state index is -0.0565. The van der Waals surface area contributed by atoms with E-state index in [1.54, 1.807) is 24.4 Å². The molecule has 17 heavy (non-hydrogen) atoms. The van der Waals surface area contributed by atoms with Gasteiger partial charge in [-0.3, -0.25) is 0 Å². The highest BCUT2D eigenvalue weighted by molar-refractivity contribution is 6.39. The smallest absolute Gasteiger partial charge is 0.353 e. The summed E-state index contributed by atoms with van der Waals surface area (Å²) in [6.45, 7) is 0.480. The molecule has 7 heteroatoms. The summed E-state index contributed by atoms with van der Waals surface area (Å²) in [6, 6.07) is 5.23. The summed E-state index contributed by atoms with van der Waals surface area (Å²) in [5, 5.41) is 4.92. The van der Waals surface area contributed by atoms with E-state index in [9.17, 15) is 0 Å². The number of hydrogen-bond donors (Lipinski definition) is 2. The van der Waals surface area contributed by atoms with Gasteiger partial charge in [0, 0.05) is 0 Å². The normalized spacial score (nSPS) is 14.2. The van der Waals surface area contributed by atoms with Crippen LogP contribution in [0.25, 0.3) is 0 Å². The molecule has 1 aromatic rings. The summed E-state index contributed by atoms with van der Waals surface area (Å²) >= 11 is 12.2. The molecule has 0 spiro atoms. The minimum absolute atomic E-state index is 0.0565. The maximum absolute atomic E-state index is 6.09. The van der Waals surface area contributed by atoms with Crippen molar-refractivity contribution in [2.45, 2.75) is 0 Å². The Balaban J connectivity index is 2.49. The lowest BCUT2D eigenvalue weighted by Gasteiger charge is -2.02. The van der Waals surface area contributed by atoms with Crippen LogP contribution in [0.3, 0.4) is 0 Å². The molecular weight excluding hydrogens is 261 g/mol. The fraction of sp³-hybridized carbons (Fsp3) is 0.100. The first-order valence-corrected chi connectivity index (χ1v) is 5.56. The number of benzene rings is 1. The Kier molecular flexibility index (Phi) is 3.31. The molecule has 0 aliphatic carbocycles. The molecule has 0 unspecified atom stereocenters. The molecule has 0 radical (unpaired) electrons. The van der Waals surface area contributed by atoms with E-state index in [-0.39, 0.29) is 5.96 Å². The number of hydrazone groups is 1. The predicted octanol–water partition coefficient (Wildman–Crippen LogP) is 1.03. The van der Waals surface area contributed by atoms with Crippen molar-refractivity contribution < 1.29 is 4.68 Å². The highest BCUT2D eigenvalue weighted by Crippen LogP contribution is 2.26. The molecule has 0 atom stereocenters. The molecule has 1 aromatic carbocycles. The highest BCUT2D eigenvalue weighted by atomic mass is 35.5. The maximum atomic E-state index is 6.09. The summed E-state index contributed by atoms with van der Waals surface area (Å²) < 4.78 is 1.47. The van der Waals surface area contributed by atoms with E-state index in [0.29, 0.717) is 28.0 Å². The third-order valence-electron chi connectivity index (χ3n) is 2.12. The molecule has 2 rings (SSSR count). The second-order valence-corrected chi connectivity index (χ2v) is 4.13. The molecule has 1 heterocycles. The van der Waals surface area contributed by atoms with Gasteiger partial charge in [0.1, 0.15) is 11.8 Å². The lowest BCUT2D eigenvalue weighted by atomic mass is 10.2. The number of aliphatic imine (C=N–C) groups is 1. The number of nitrogens with zero attached hydrogens (tertiary/aromatic N) is 3. The molecule has 0 fully saturated rings. The number of halogens is 2. The number of amidine groups is 1. The van der Waals surface area contributed by atoms with Gasteiger partial charge in [0.2, 0.25) is 5.96 Å². The molecule has 1 aliphatic rings. The summed E-state index contributed by atoms with van der Waals surface area (Å²) in [4.78, 5) is 4.26. The SMILES string of the molecule is NC(N)=N[N+]1=CCN=C1c1c(Cl)cccc1Cl. The second kappa shape index (κ2) is 4.73. The third kappa shape index (κ3) is 2.40. The fourth-order valence-corrected chi connectivity index (χ4v) is 2.05. The fourth-order valence-electron chi connectivity index (χ4n) is 1.48. The molecule has 0 aromatic heterocycles. The van der Waals surface area contributed by atoms with Gasteiger partial charge in [-0.15, -0.1) is 0 Å². The Morgan fingerprint density at radius 3 is 2.53 bits per heavy atom. The quantitative estimate of drug-likeness (QED) is 0.478. The monoisotopic (exact) mass is 270 g/mol. The number of nitrogens with two attached hydrogens (primary N) is 2. The van der Waals surface area contributed by atoms with Crippen molar-refractivity contribution in [1.82, 2.24) is 0 Å². The van der Waals surface area contributed by atoms with Crippen LogP contribution >= 0.6 is 23.2 Å². The Morgan fingerprint density at radius 1 is 1.29 bits per heavy atom. The Bertz CT molecular complexity index is 523. The zero-order chi connectivity index (χ0) is 12.4. The highest BCUT2D eigenvalue weighted by Gasteiger charge is 2.27. The van der Waals surface area contributed by atoms with Crippen LogP contribution in [-0.2, 0) is 0 Å². The van der Waals surface area contributed by atoms with Crippen molar-refractivity contribution in [3.8, 4) is 0 Å². The molecule has 0 bridgehead atoms. The van der Waals surface area contributed by atoms with E-state index in [2.05, 4.69) is 10.1 Å². The van der Waals surface area contributed by atoms with E-state index in [0.717, 1.165) is 0 Å². The van der Waals surface area contributed by atoms with Gasteiger partial charge in [0.05, 0.1) is 10.0 Å². The van der Waals surface area contributed by atoms with Crippen molar-refractivity contribution in [3.05, 3.63) is 33.8 Å². The summed E-state index contributed by atoms with van der Waals surface area (Å²) in [5.74, 6) is 0.480. The standard InChI is InChI=1S/C10H10Cl2N5/c11-6-2-1-3-7(12)8(6)9-15-4-5-17(9)16-10(13)14/h1-3,5H,4H2,(H4,13,14,16)/q+1. The molecule has 0 saturated carbocycles. The van der Waals surface area contributed by atoms with Gasteiger partial charge in [0.15, 0.2) is 6.54 Å². The minimum Gasteiger partial charge on any atom is -0.367 e. The van der Waals surface area contributed by atoms with Crippen molar-refractivity contribution in [1.29, 1.82) is 0 Å². The van der Waals surface area contributed by atoms with Crippen LogP contribution < -0.4 is 11.5 Å². The summed E-state index contributed by atoms with van der Waals surface area (Å²) in [7, 11) is 0. The maximum Gasteiger partial charge on any atom is 0.353 e. The van der Waals surface area contributed by atoms with Crippen molar-refractivity contribution in [3.63, 3.8) is 0 Å². The Hall–Kier alpha value is -1.59. The third-order valence-corrected chi connectivity index (χ3v) is 2.75. The number of guanidine groups is 1. The average molecular weight is 271 g/mol. The van der Waals surface area contributed by atoms with Gasteiger partial charge in [-0.25, -0.2) is 0 Å². The lowest BCUT2D eigenvalue weighted by Crippen LogP contribution is -2.27. The molecule has 0 amide bonds. The molecule has 5 nitrogen and oxygen atoms in total. The van der Waals surface area contributed by atoms with E-state index in [4.69, 9.17) is 34.7 Å². The summed E-state index contributed by atoms with van der Waals surface area (Å²) in [6.07, 6.45) is 1.73. The zero-order valence-electron chi connectivity index (χ0n) is 8.77. The topological polar surface area (TPSA) is 79.8 Å². The van der Waals surface area contributed by atoms with Gasteiger partial charge in [-0.1, -0.05) is 38.9 Å². The first-order valence-electron chi connectivity index (χ1n) is 4.80.